The van der Waals surface area contributed by atoms with E-state index in [0.717, 1.165) is 25.0 Å². The van der Waals surface area contributed by atoms with E-state index in [1.54, 1.807) is 37.3 Å². The van der Waals surface area contributed by atoms with Crippen LogP contribution in [0.3, 0.4) is 0 Å². The minimum Gasteiger partial charge on any atom is -0.457 e. The van der Waals surface area contributed by atoms with Gasteiger partial charge in [0.2, 0.25) is 6.08 Å². The minimum atomic E-state index is -1.29. The number of hydrogen-bond acceptors (Lipinski definition) is 7. The average Bonchev–Trinajstić information content (AvgIpc) is 3.65. The van der Waals surface area contributed by atoms with Gasteiger partial charge in [0.25, 0.3) is 17.7 Å². The second-order valence-corrected chi connectivity index (χ2v) is 8.70. The van der Waals surface area contributed by atoms with Crippen molar-refractivity contribution in [3.63, 3.8) is 0 Å². The van der Waals surface area contributed by atoms with Crippen LogP contribution in [-0.4, -0.2) is 59.1 Å². The Morgan fingerprint density at radius 3 is 2.26 bits per heavy atom. The number of aliphatic imine (C=N–C) groups is 1. The van der Waals surface area contributed by atoms with E-state index in [-0.39, 0.29) is 12.0 Å². The van der Waals surface area contributed by atoms with Crippen molar-refractivity contribution in [1.82, 2.24) is 10.4 Å². The summed E-state index contributed by atoms with van der Waals surface area (Å²) in [6, 6.07) is 6.92. The molecule has 1 aliphatic carbocycles. The van der Waals surface area contributed by atoms with Gasteiger partial charge in [0.1, 0.15) is 11.6 Å². The van der Waals surface area contributed by atoms with Crippen LogP contribution in [0, 0.1) is 5.92 Å². The van der Waals surface area contributed by atoms with Crippen molar-refractivity contribution < 1.29 is 33.5 Å². The molecule has 0 aromatic heterocycles. The lowest BCUT2D eigenvalue weighted by atomic mass is 9.99. The fourth-order valence-corrected chi connectivity index (χ4v) is 2.81. The van der Waals surface area contributed by atoms with Crippen LogP contribution in [0.1, 0.15) is 57.8 Å². The highest BCUT2D eigenvalue weighted by molar-refractivity contribution is 6.00. The van der Waals surface area contributed by atoms with Gasteiger partial charge in [0, 0.05) is 11.6 Å². The van der Waals surface area contributed by atoms with Gasteiger partial charge in [-0.1, -0.05) is 31.7 Å². The summed E-state index contributed by atoms with van der Waals surface area (Å²) < 4.78 is 4.83. The summed E-state index contributed by atoms with van der Waals surface area (Å²) in [6.45, 7) is 12.3. The zero-order chi connectivity index (χ0) is 26.6. The molecule has 0 aliphatic heterocycles. The number of hydroxylamine groups is 2. The predicted octanol–water partition coefficient (Wildman–Crippen LogP) is 2.74. The molecular weight excluding hydrogens is 454 g/mol. The normalized spacial score (nSPS) is 14.1. The van der Waals surface area contributed by atoms with Gasteiger partial charge in [-0.25, -0.2) is 14.7 Å². The monoisotopic (exact) mass is 487 g/mol. The number of nitrogens with one attached hydrogen (secondary N) is 1. The summed E-state index contributed by atoms with van der Waals surface area (Å²) >= 11 is 0. The molecule has 35 heavy (non-hydrogen) atoms. The summed E-state index contributed by atoms with van der Waals surface area (Å²) in [5.74, 6) is -3.25. The number of benzene rings is 1. The fraction of sp³-hybridized carbons (Fsp3) is 0.480. The summed E-state index contributed by atoms with van der Waals surface area (Å²) in [4.78, 5) is 66.7. The van der Waals surface area contributed by atoms with E-state index in [0.29, 0.717) is 12.2 Å². The number of isocyanates is 1. The van der Waals surface area contributed by atoms with Crippen molar-refractivity contribution in [3.8, 4) is 0 Å². The highest BCUT2D eigenvalue weighted by atomic mass is 16.7. The number of amides is 3. The summed E-state index contributed by atoms with van der Waals surface area (Å²) in [5.41, 5.74) is -0.0745. The summed E-state index contributed by atoms with van der Waals surface area (Å²) in [5, 5.41) is 3.74. The SMILES string of the molecule is C=CC(=O)OC(C)(C)C.CCON(C(=O)C(C)C(NC(=O)c1ccccc1)C(=O)N=C=O)C1CC1. The van der Waals surface area contributed by atoms with Crippen molar-refractivity contribution in [3.05, 3.63) is 48.6 Å². The Balaban J connectivity index is 0.000000579. The molecule has 0 heterocycles. The lowest BCUT2D eigenvalue weighted by molar-refractivity contribution is -0.193. The number of ether oxygens (including phenoxy) is 1. The maximum atomic E-state index is 12.7. The molecule has 0 saturated heterocycles. The third-order valence-electron chi connectivity index (χ3n) is 4.57. The van der Waals surface area contributed by atoms with Gasteiger partial charge in [-0.3, -0.25) is 19.2 Å². The molecule has 1 fully saturated rings. The molecule has 2 atom stereocenters. The van der Waals surface area contributed by atoms with Gasteiger partial charge in [-0.15, -0.1) is 4.99 Å². The van der Waals surface area contributed by atoms with Crippen LogP contribution in [-0.2, 0) is 28.8 Å². The molecule has 1 N–H and O–H groups in total. The predicted molar refractivity (Wildman–Crippen MR) is 128 cm³/mol. The highest BCUT2D eigenvalue weighted by Gasteiger charge is 2.40. The Morgan fingerprint density at radius 2 is 1.83 bits per heavy atom. The number of carbonyl (C=O) groups excluding carboxylic acids is 5. The van der Waals surface area contributed by atoms with Crippen molar-refractivity contribution in [2.45, 2.75) is 65.1 Å². The van der Waals surface area contributed by atoms with Gasteiger partial charge in [0.05, 0.1) is 18.6 Å². The van der Waals surface area contributed by atoms with E-state index in [1.807, 2.05) is 20.8 Å². The summed E-state index contributed by atoms with van der Waals surface area (Å²) in [6.07, 6.45) is 3.96. The molecule has 1 aromatic carbocycles. The van der Waals surface area contributed by atoms with E-state index >= 15 is 0 Å². The van der Waals surface area contributed by atoms with E-state index in [1.165, 1.54) is 12.0 Å². The van der Waals surface area contributed by atoms with Crippen molar-refractivity contribution >= 4 is 29.8 Å². The van der Waals surface area contributed by atoms with Gasteiger partial charge in [-0.05, 0) is 52.7 Å². The van der Waals surface area contributed by atoms with Crippen LogP contribution in [0.25, 0.3) is 0 Å². The minimum absolute atomic E-state index is 0.0277. The third-order valence-corrected chi connectivity index (χ3v) is 4.57. The Labute approximate surface area is 205 Å². The molecule has 2 rings (SSSR count). The van der Waals surface area contributed by atoms with Crippen LogP contribution in [0.15, 0.2) is 48.0 Å². The topological polar surface area (TPSA) is 131 Å². The maximum Gasteiger partial charge on any atom is 0.330 e. The lowest BCUT2D eigenvalue weighted by Gasteiger charge is -2.27. The average molecular weight is 488 g/mol. The standard InChI is InChI=1S/C18H21N3O5.C7H12O2/c1-3-26-21(14-9-10-14)18(25)12(2)15(17(24)19-11-22)20-16(23)13-7-5-4-6-8-13;1-5-6(8)9-7(2,3)4/h4-8,12,14-15H,3,9-10H2,1-2H3,(H,20,23);5H,1H2,2-4H3. The van der Waals surface area contributed by atoms with Gasteiger partial charge >= 0.3 is 5.97 Å². The molecule has 1 saturated carbocycles. The van der Waals surface area contributed by atoms with Crippen molar-refractivity contribution in [2.24, 2.45) is 10.9 Å². The first-order chi connectivity index (χ1) is 16.4. The van der Waals surface area contributed by atoms with Crippen LogP contribution >= 0.6 is 0 Å². The molecule has 0 spiro atoms. The smallest absolute Gasteiger partial charge is 0.330 e. The largest absolute Gasteiger partial charge is 0.457 e. The second kappa shape index (κ2) is 13.9. The van der Waals surface area contributed by atoms with E-state index in [4.69, 9.17) is 9.57 Å². The fourth-order valence-electron chi connectivity index (χ4n) is 2.81. The number of carbonyl (C=O) groups is 4. The zero-order valence-corrected chi connectivity index (χ0v) is 20.8. The first-order valence-corrected chi connectivity index (χ1v) is 11.2. The molecule has 1 aliphatic rings. The van der Waals surface area contributed by atoms with Gasteiger partial charge in [0.15, 0.2) is 0 Å². The zero-order valence-electron chi connectivity index (χ0n) is 20.8. The van der Waals surface area contributed by atoms with E-state index < -0.39 is 35.3 Å². The van der Waals surface area contributed by atoms with E-state index in [9.17, 15) is 24.0 Å². The number of hydrogen-bond donors (Lipinski definition) is 1. The lowest BCUT2D eigenvalue weighted by Crippen LogP contribution is -2.51. The molecular formula is C25H33N3O7. The van der Waals surface area contributed by atoms with Crippen molar-refractivity contribution in [1.29, 1.82) is 0 Å². The third kappa shape index (κ3) is 10.5. The van der Waals surface area contributed by atoms with Crippen LogP contribution in [0.2, 0.25) is 0 Å². The van der Waals surface area contributed by atoms with E-state index in [2.05, 4.69) is 16.9 Å². The molecule has 2 unspecified atom stereocenters. The first kappa shape index (κ1) is 29.4. The molecule has 3 amide bonds. The Hall–Kier alpha value is -3.62. The van der Waals surface area contributed by atoms with Crippen LogP contribution in [0.5, 0.6) is 0 Å². The quantitative estimate of drug-likeness (QED) is 0.186. The maximum absolute atomic E-state index is 12.7. The molecule has 190 valence electrons. The molecule has 0 radical (unpaired) electrons. The Bertz CT molecular complexity index is 946. The van der Waals surface area contributed by atoms with Gasteiger partial charge in [-0.2, -0.15) is 0 Å². The molecule has 10 nitrogen and oxygen atoms in total. The molecule has 10 heteroatoms. The van der Waals surface area contributed by atoms with Crippen LogP contribution in [0.4, 0.5) is 0 Å². The number of esters is 1. The number of nitrogens with zero attached hydrogens (tertiary/aromatic N) is 2. The second-order valence-electron chi connectivity index (χ2n) is 8.70. The highest BCUT2D eigenvalue weighted by Crippen LogP contribution is 2.29. The first-order valence-electron chi connectivity index (χ1n) is 11.2. The summed E-state index contributed by atoms with van der Waals surface area (Å²) in [7, 11) is 0. The molecule has 1 aromatic rings. The van der Waals surface area contributed by atoms with Gasteiger partial charge < -0.3 is 10.1 Å². The molecule has 0 bridgehead atoms. The van der Waals surface area contributed by atoms with Crippen molar-refractivity contribution in [2.75, 3.05) is 6.61 Å². The Morgan fingerprint density at radius 1 is 1.23 bits per heavy atom. The van der Waals surface area contributed by atoms with Crippen LogP contribution < -0.4 is 5.32 Å². The Kier molecular flexibility index (Phi) is 11.7. The number of rotatable bonds is 9.